The van der Waals surface area contributed by atoms with Crippen LogP contribution >= 0.6 is 23.1 Å². The van der Waals surface area contributed by atoms with Gasteiger partial charge in [-0.05, 0) is 6.92 Å². The normalized spacial score (nSPS) is 13.2. The lowest BCUT2D eigenvalue weighted by atomic mass is 10.5. The molecule has 0 saturated heterocycles. The van der Waals surface area contributed by atoms with Crippen LogP contribution in [0.2, 0.25) is 0 Å². The minimum Gasteiger partial charge on any atom is -0.395 e. The fourth-order valence-electron chi connectivity index (χ4n) is 0.749. The summed E-state index contributed by atoms with van der Waals surface area (Å²) < 4.78 is 0. The summed E-state index contributed by atoms with van der Waals surface area (Å²) >= 11 is 3.49. The van der Waals surface area contributed by atoms with E-state index >= 15 is 0 Å². The van der Waals surface area contributed by atoms with Gasteiger partial charge in [0.15, 0.2) is 0 Å². The molecule has 0 amide bonds. The summed E-state index contributed by atoms with van der Waals surface area (Å²) in [5.41, 5.74) is 0. The topological polar surface area (TPSA) is 33.1 Å². The maximum absolute atomic E-state index is 8.78. The lowest BCUT2D eigenvalue weighted by Gasteiger charge is -2.04. The lowest BCUT2D eigenvalue weighted by Crippen LogP contribution is -2.01. The number of aryl methyl sites for hydroxylation is 1. The van der Waals surface area contributed by atoms with Crippen LogP contribution in [0.1, 0.15) is 16.8 Å². The summed E-state index contributed by atoms with van der Waals surface area (Å²) in [4.78, 5) is 5.45. The van der Waals surface area contributed by atoms with Crippen molar-refractivity contribution in [2.75, 3.05) is 6.61 Å². The number of aliphatic hydroxyl groups excluding tert-OH is 1. The largest absolute Gasteiger partial charge is 0.395 e. The predicted octanol–water partition coefficient (Wildman–Crippen LogP) is 2.07. The van der Waals surface area contributed by atoms with Crippen LogP contribution in [-0.2, 0) is 5.75 Å². The predicted molar refractivity (Wildman–Crippen MR) is 54.7 cm³/mol. The van der Waals surface area contributed by atoms with Crippen LogP contribution in [-0.4, -0.2) is 21.9 Å². The molecule has 0 bridgehead atoms. The Morgan fingerprint density at radius 3 is 3.00 bits per heavy atom. The Kier molecular flexibility index (Phi) is 4.05. The molecule has 1 atom stereocenters. The first-order valence-electron chi connectivity index (χ1n) is 3.86. The Balaban J connectivity index is 2.33. The van der Waals surface area contributed by atoms with Gasteiger partial charge in [-0.2, -0.15) is 11.8 Å². The van der Waals surface area contributed by atoms with E-state index in [0.717, 1.165) is 10.8 Å². The van der Waals surface area contributed by atoms with Gasteiger partial charge in [0, 0.05) is 22.1 Å². The van der Waals surface area contributed by atoms with E-state index in [0.29, 0.717) is 5.25 Å². The smallest absolute Gasteiger partial charge is 0.0897 e. The van der Waals surface area contributed by atoms with Gasteiger partial charge < -0.3 is 5.11 Å². The van der Waals surface area contributed by atoms with Gasteiger partial charge in [-0.3, -0.25) is 0 Å². The van der Waals surface area contributed by atoms with Crippen LogP contribution in [0.5, 0.6) is 0 Å². The molecule has 0 fully saturated rings. The molecular formula is C8H13NOS2. The van der Waals surface area contributed by atoms with Crippen LogP contribution in [0, 0.1) is 6.92 Å². The van der Waals surface area contributed by atoms with Crippen molar-refractivity contribution in [2.24, 2.45) is 0 Å². The molecule has 1 rings (SSSR count). The van der Waals surface area contributed by atoms with E-state index in [1.54, 1.807) is 23.1 Å². The lowest BCUT2D eigenvalue weighted by molar-refractivity contribution is 0.300. The maximum atomic E-state index is 8.78. The van der Waals surface area contributed by atoms with Crippen LogP contribution in [0.25, 0.3) is 0 Å². The van der Waals surface area contributed by atoms with Gasteiger partial charge in [0.25, 0.3) is 0 Å². The second kappa shape index (κ2) is 4.84. The zero-order chi connectivity index (χ0) is 8.97. The molecule has 12 heavy (non-hydrogen) atoms. The monoisotopic (exact) mass is 203 g/mol. The van der Waals surface area contributed by atoms with Gasteiger partial charge in [-0.15, -0.1) is 11.3 Å². The number of hydrogen-bond donors (Lipinski definition) is 1. The van der Waals surface area contributed by atoms with Gasteiger partial charge in [0.05, 0.1) is 11.6 Å². The molecule has 1 aromatic rings. The fraction of sp³-hybridized carbons (Fsp3) is 0.625. The highest BCUT2D eigenvalue weighted by Crippen LogP contribution is 2.21. The van der Waals surface area contributed by atoms with Crippen LogP contribution in [0.3, 0.4) is 0 Å². The molecule has 1 N–H and O–H groups in total. The summed E-state index contributed by atoms with van der Waals surface area (Å²) in [6, 6.07) is 0. The molecule has 4 heteroatoms. The van der Waals surface area contributed by atoms with E-state index in [1.165, 1.54) is 4.88 Å². The molecule has 0 aliphatic rings. The molecule has 1 heterocycles. The SMILES string of the molecule is Cc1ncc(CSC(C)CO)s1. The number of aliphatic hydroxyl groups is 1. The second-order valence-electron chi connectivity index (χ2n) is 2.65. The van der Waals surface area contributed by atoms with Crippen LogP contribution in [0.15, 0.2) is 6.20 Å². The van der Waals surface area contributed by atoms with E-state index < -0.39 is 0 Å². The Hall–Kier alpha value is -0.0600. The molecule has 0 saturated carbocycles. The zero-order valence-corrected chi connectivity index (χ0v) is 8.91. The van der Waals surface area contributed by atoms with Gasteiger partial charge in [0.2, 0.25) is 0 Å². The van der Waals surface area contributed by atoms with E-state index in [-0.39, 0.29) is 6.61 Å². The molecule has 0 spiro atoms. The Labute approximate surface area is 81.0 Å². The zero-order valence-electron chi connectivity index (χ0n) is 7.28. The average Bonchev–Trinajstić information content (AvgIpc) is 2.47. The molecule has 0 radical (unpaired) electrons. The molecule has 0 aliphatic heterocycles. The molecule has 1 aromatic heterocycles. The fourth-order valence-corrected chi connectivity index (χ4v) is 2.41. The third kappa shape index (κ3) is 3.13. The van der Waals surface area contributed by atoms with E-state index in [4.69, 9.17) is 5.11 Å². The van der Waals surface area contributed by atoms with E-state index in [1.807, 2.05) is 20.0 Å². The maximum Gasteiger partial charge on any atom is 0.0897 e. The van der Waals surface area contributed by atoms with Crippen LogP contribution < -0.4 is 0 Å². The molecule has 2 nitrogen and oxygen atoms in total. The van der Waals surface area contributed by atoms with Crippen molar-refractivity contribution in [1.82, 2.24) is 4.98 Å². The average molecular weight is 203 g/mol. The summed E-state index contributed by atoms with van der Waals surface area (Å²) in [7, 11) is 0. The highest BCUT2D eigenvalue weighted by Gasteiger charge is 2.02. The summed E-state index contributed by atoms with van der Waals surface area (Å²) in [6.07, 6.45) is 1.91. The van der Waals surface area contributed by atoms with Gasteiger partial charge in [-0.25, -0.2) is 4.98 Å². The Bertz CT molecular complexity index is 237. The van der Waals surface area contributed by atoms with Crippen molar-refractivity contribution in [3.05, 3.63) is 16.1 Å². The Morgan fingerprint density at radius 1 is 1.75 bits per heavy atom. The summed E-state index contributed by atoms with van der Waals surface area (Å²) in [6.45, 7) is 4.29. The third-order valence-corrected chi connectivity index (χ3v) is 3.73. The van der Waals surface area contributed by atoms with Gasteiger partial charge in [-0.1, -0.05) is 6.92 Å². The van der Waals surface area contributed by atoms with Crippen molar-refractivity contribution in [3.8, 4) is 0 Å². The number of aromatic nitrogens is 1. The second-order valence-corrected chi connectivity index (χ2v) is 5.40. The molecular weight excluding hydrogens is 190 g/mol. The van der Waals surface area contributed by atoms with Gasteiger partial charge in [0.1, 0.15) is 0 Å². The molecule has 68 valence electrons. The summed E-state index contributed by atoms with van der Waals surface area (Å²) in [5, 5.41) is 10.2. The van der Waals surface area contributed by atoms with E-state index in [9.17, 15) is 0 Å². The molecule has 1 unspecified atom stereocenters. The standard InChI is InChI=1S/C8H13NOS2/c1-6(4-10)11-5-8-3-9-7(2)12-8/h3,6,10H,4-5H2,1-2H3. The van der Waals surface area contributed by atoms with Crippen molar-refractivity contribution in [2.45, 2.75) is 24.9 Å². The number of nitrogens with zero attached hydrogens (tertiary/aromatic N) is 1. The third-order valence-electron chi connectivity index (χ3n) is 1.44. The number of rotatable bonds is 4. The van der Waals surface area contributed by atoms with Crippen molar-refractivity contribution in [3.63, 3.8) is 0 Å². The van der Waals surface area contributed by atoms with Crippen molar-refractivity contribution < 1.29 is 5.11 Å². The van der Waals surface area contributed by atoms with Gasteiger partial charge >= 0.3 is 0 Å². The summed E-state index contributed by atoms with van der Waals surface area (Å²) in [5.74, 6) is 0.966. The first kappa shape index (κ1) is 10.0. The first-order valence-corrected chi connectivity index (χ1v) is 5.72. The van der Waals surface area contributed by atoms with E-state index in [2.05, 4.69) is 4.98 Å². The quantitative estimate of drug-likeness (QED) is 0.813. The minimum atomic E-state index is 0.252. The molecule has 0 aromatic carbocycles. The van der Waals surface area contributed by atoms with Crippen LogP contribution in [0.4, 0.5) is 0 Å². The van der Waals surface area contributed by atoms with Crippen molar-refractivity contribution >= 4 is 23.1 Å². The number of thioether (sulfide) groups is 1. The highest BCUT2D eigenvalue weighted by molar-refractivity contribution is 7.99. The number of hydrogen-bond acceptors (Lipinski definition) is 4. The highest BCUT2D eigenvalue weighted by atomic mass is 32.2. The molecule has 0 aliphatic carbocycles. The Morgan fingerprint density at radius 2 is 2.50 bits per heavy atom. The first-order chi connectivity index (χ1) is 5.72. The minimum absolute atomic E-state index is 0.252. The number of thiazole rings is 1. The van der Waals surface area contributed by atoms with Crippen molar-refractivity contribution in [1.29, 1.82) is 0 Å².